The molecule has 1 saturated carbocycles. The number of primary amides is 1. The zero-order valence-electron chi connectivity index (χ0n) is 11.1. The molecule has 0 bridgehead atoms. The monoisotopic (exact) mass is 257 g/mol. The minimum Gasteiger partial charge on any atom is -0.394 e. The Bertz CT molecular complexity index is 295. The Morgan fingerprint density at radius 3 is 2.67 bits per heavy atom. The predicted molar refractivity (Wildman–Crippen MR) is 68.3 cm³/mol. The fraction of sp³-hybridized carbons (Fsp3) is 0.833. The van der Waals surface area contributed by atoms with Crippen LogP contribution in [0.15, 0.2) is 5.16 Å². The van der Waals surface area contributed by atoms with Crippen LogP contribution in [0.1, 0.15) is 39.5 Å². The Morgan fingerprint density at radius 1 is 1.56 bits per heavy atom. The standard InChI is InChI=1S/C12H23N3O3/c1-9(2)10-3-5-11(6-4-10)14-18-8-7-15(17)12(13)16/h9-10,17H,3-8H2,1-2H3,(H2,13,16). The summed E-state index contributed by atoms with van der Waals surface area (Å²) < 4.78 is 0. The van der Waals surface area contributed by atoms with Crippen LogP contribution in [0.2, 0.25) is 0 Å². The molecule has 6 heteroatoms. The van der Waals surface area contributed by atoms with Gasteiger partial charge in [-0.05, 0) is 37.5 Å². The maximum Gasteiger partial charge on any atom is 0.338 e. The van der Waals surface area contributed by atoms with Crippen molar-refractivity contribution < 1.29 is 14.8 Å². The number of amides is 2. The Kier molecular flexibility index (Phi) is 5.91. The molecule has 6 nitrogen and oxygen atoms in total. The highest BCUT2D eigenvalue weighted by atomic mass is 16.6. The number of urea groups is 1. The molecule has 104 valence electrons. The van der Waals surface area contributed by atoms with Crippen LogP contribution in [0.3, 0.4) is 0 Å². The van der Waals surface area contributed by atoms with E-state index < -0.39 is 6.03 Å². The molecule has 0 aromatic heterocycles. The highest BCUT2D eigenvalue weighted by molar-refractivity contribution is 5.84. The van der Waals surface area contributed by atoms with Gasteiger partial charge in [0.15, 0.2) is 0 Å². The number of nitrogens with two attached hydrogens (primary N) is 1. The van der Waals surface area contributed by atoms with Crippen LogP contribution in [-0.2, 0) is 4.84 Å². The average Bonchev–Trinajstić information content (AvgIpc) is 2.34. The molecule has 3 N–H and O–H groups in total. The Labute approximate surface area is 108 Å². The van der Waals surface area contributed by atoms with E-state index in [9.17, 15) is 4.79 Å². The van der Waals surface area contributed by atoms with Crippen LogP contribution < -0.4 is 5.73 Å². The average molecular weight is 257 g/mol. The van der Waals surface area contributed by atoms with E-state index in [1.807, 2.05) is 0 Å². The highest BCUT2D eigenvalue weighted by Crippen LogP contribution is 2.28. The van der Waals surface area contributed by atoms with Crippen LogP contribution >= 0.6 is 0 Å². The Morgan fingerprint density at radius 2 is 2.17 bits per heavy atom. The van der Waals surface area contributed by atoms with Crippen LogP contribution in [0.5, 0.6) is 0 Å². The molecule has 0 heterocycles. The summed E-state index contributed by atoms with van der Waals surface area (Å²) in [7, 11) is 0. The van der Waals surface area contributed by atoms with Gasteiger partial charge in [0, 0.05) is 0 Å². The van der Waals surface area contributed by atoms with Crippen molar-refractivity contribution in [3.63, 3.8) is 0 Å². The first kappa shape index (κ1) is 14.8. The van der Waals surface area contributed by atoms with Gasteiger partial charge in [-0.3, -0.25) is 5.21 Å². The minimum absolute atomic E-state index is 0.0285. The summed E-state index contributed by atoms with van der Waals surface area (Å²) in [6.45, 7) is 4.68. The molecular weight excluding hydrogens is 234 g/mol. The smallest absolute Gasteiger partial charge is 0.338 e. The Balaban J connectivity index is 2.19. The van der Waals surface area contributed by atoms with E-state index in [1.165, 1.54) is 0 Å². The van der Waals surface area contributed by atoms with Gasteiger partial charge >= 0.3 is 6.03 Å². The number of carbonyl (C=O) groups excluding carboxylic acids is 1. The van der Waals surface area contributed by atoms with Crippen molar-refractivity contribution >= 4 is 11.7 Å². The van der Waals surface area contributed by atoms with E-state index in [4.69, 9.17) is 15.8 Å². The van der Waals surface area contributed by atoms with Gasteiger partial charge in [-0.25, -0.2) is 9.86 Å². The van der Waals surface area contributed by atoms with E-state index in [1.54, 1.807) is 0 Å². The lowest BCUT2D eigenvalue weighted by Crippen LogP contribution is -2.35. The predicted octanol–water partition coefficient (Wildman–Crippen LogP) is 1.98. The van der Waals surface area contributed by atoms with Gasteiger partial charge in [0.05, 0.1) is 12.3 Å². The van der Waals surface area contributed by atoms with Crippen molar-refractivity contribution in [1.82, 2.24) is 5.06 Å². The fourth-order valence-corrected chi connectivity index (χ4v) is 2.11. The maximum absolute atomic E-state index is 10.5. The number of carbonyl (C=O) groups is 1. The molecular formula is C12H23N3O3. The van der Waals surface area contributed by atoms with Crippen molar-refractivity contribution in [3.8, 4) is 0 Å². The highest BCUT2D eigenvalue weighted by Gasteiger charge is 2.20. The summed E-state index contributed by atoms with van der Waals surface area (Å²) >= 11 is 0. The summed E-state index contributed by atoms with van der Waals surface area (Å²) in [6.07, 6.45) is 4.27. The SMILES string of the molecule is CC(C)C1CCC(=NOCCN(O)C(N)=O)CC1. The summed E-state index contributed by atoms with van der Waals surface area (Å²) in [5, 5.41) is 13.4. The van der Waals surface area contributed by atoms with Gasteiger partial charge in [0.1, 0.15) is 6.61 Å². The summed E-state index contributed by atoms with van der Waals surface area (Å²) in [6, 6.07) is -0.885. The molecule has 0 aromatic carbocycles. The molecule has 1 fully saturated rings. The third-order valence-electron chi connectivity index (χ3n) is 3.39. The van der Waals surface area contributed by atoms with Gasteiger partial charge in [-0.15, -0.1) is 0 Å². The molecule has 0 aliphatic heterocycles. The van der Waals surface area contributed by atoms with Crippen molar-refractivity contribution in [2.75, 3.05) is 13.2 Å². The summed E-state index contributed by atoms with van der Waals surface area (Å²) in [4.78, 5) is 15.6. The van der Waals surface area contributed by atoms with E-state index in [2.05, 4.69) is 19.0 Å². The number of oxime groups is 1. The molecule has 18 heavy (non-hydrogen) atoms. The van der Waals surface area contributed by atoms with Gasteiger partial charge in [0.2, 0.25) is 0 Å². The lowest BCUT2D eigenvalue weighted by atomic mass is 9.81. The molecule has 0 unspecified atom stereocenters. The van der Waals surface area contributed by atoms with Crippen LogP contribution in [0, 0.1) is 11.8 Å². The summed E-state index contributed by atoms with van der Waals surface area (Å²) in [5.74, 6) is 1.51. The molecule has 0 radical (unpaired) electrons. The van der Waals surface area contributed by atoms with Gasteiger partial charge in [-0.2, -0.15) is 0 Å². The molecule has 2 amide bonds. The third-order valence-corrected chi connectivity index (χ3v) is 3.39. The van der Waals surface area contributed by atoms with Crippen molar-refractivity contribution in [2.45, 2.75) is 39.5 Å². The molecule has 1 aliphatic rings. The maximum atomic E-state index is 10.5. The van der Waals surface area contributed by atoms with Crippen molar-refractivity contribution in [2.24, 2.45) is 22.7 Å². The molecule has 0 spiro atoms. The molecule has 1 rings (SSSR count). The van der Waals surface area contributed by atoms with E-state index in [0.717, 1.165) is 43.2 Å². The van der Waals surface area contributed by atoms with E-state index in [-0.39, 0.29) is 13.2 Å². The summed E-state index contributed by atoms with van der Waals surface area (Å²) in [5.41, 5.74) is 5.92. The second kappa shape index (κ2) is 7.20. The Hall–Kier alpha value is -1.30. The normalized spacial score (nSPS) is 19.8. The van der Waals surface area contributed by atoms with Gasteiger partial charge < -0.3 is 10.6 Å². The lowest BCUT2D eigenvalue weighted by Gasteiger charge is -2.25. The van der Waals surface area contributed by atoms with Gasteiger partial charge in [-0.1, -0.05) is 19.0 Å². The second-order valence-corrected chi connectivity index (χ2v) is 5.03. The van der Waals surface area contributed by atoms with E-state index in [0.29, 0.717) is 5.06 Å². The number of rotatable bonds is 5. The van der Waals surface area contributed by atoms with Crippen molar-refractivity contribution in [1.29, 1.82) is 0 Å². The number of hydroxylamine groups is 2. The first-order valence-electron chi connectivity index (χ1n) is 6.44. The number of hydrogen-bond donors (Lipinski definition) is 2. The first-order chi connectivity index (χ1) is 8.50. The van der Waals surface area contributed by atoms with Crippen molar-refractivity contribution in [3.05, 3.63) is 0 Å². The zero-order valence-corrected chi connectivity index (χ0v) is 11.1. The van der Waals surface area contributed by atoms with Crippen LogP contribution in [0.25, 0.3) is 0 Å². The third kappa shape index (κ3) is 4.91. The molecule has 0 atom stereocenters. The largest absolute Gasteiger partial charge is 0.394 e. The number of nitrogens with zero attached hydrogens (tertiary/aromatic N) is 2. The number of hydrogen-bond acceptors (Lipinski definition) is 4. The minimum atomic E-state index is -0.885. The van der Waals surface area contributed by atoms with Crippen LogP contribution in [-0.4, -0.2) is 35.2 Å². The van der Waals surface area contributed by atoms with E-state index >= 15 is 0 Å². The fourth-order valence-electron chi connectivity index (χ4n) is 2.11. The van der Waals surface area contributed by atoms with Gasteiger partial charge in [0.25, 0.3) is 0 Å². The zero-order chi connectivity index (χ0) is 13.5. The molecule has 0 aromatic rings. The lowest BCUT2D eigenvalue weighted by molar-refractivity contribution is -0.0562. The molecule has 1 aliphatic carbocycles. The second-order valence-electron chi connectivity index (χ2n) is 5.03. The quantitative estimate of drug-likeness (QED) is 0.448. The molecule has 0 saturated heterocycles. The topological polar surface area (TPSA) is 88.2 Å². The first-order valence-corrected chi connectivity index (χ1v) is 6.44. The van der Waals surface area contributed by atoms with Crippen LogP contribution in [0.4, 0.5) is 4.79 Å².